The van der Waals surface area contributed by atoms with Gasteiger partial charge >= 0.3 is 0 Å². The first kappa shape index (κ1) is 12.6. The molecule has 4 nitrogen and oxygen atoms in total. The molecule has 0 aliphatic heterocycles. The van der Waals surface area contributed by atoms with Crippen molar-refractivity contribution in [3.63, 3.8) is 0 Å². The predicted octanol–water partition coefficient (Wildman–Crippen LogP) is 1.56. The Labute approximate surface area is 107 Å². The van der Waals surface area contributed by atoms with E-state index in [4.69, 9.17) is 5.73 Å². The summed E-state index contributed by atoms with van der Waals surface area (Å²) < 4.78 is 0. The molecule has 1 amide bonds. The Morgan fingerprint density at radius 1 is 1.44 bits per heavy atom. The summed E-state index contributed by atoms with van der Waals surface area (Å²) in [6.07, 6.45) is 3.74. The van der Waals surface area contributed by atoms with E-state index in [-0.39, 0.29) is 18.5 Å². The van der Waals surface area contributed by atoms with Gasteiger partial charge in [-0.2, -0.15) is 0 Å². The van der Waals surface area contributed by atoms with Gasteiger partial charge in [-0.05, 0) is 24.5 Å². The Hall–Kier alpha value is -1.81. The summed E-state index contributed by atoms with van der Waals surface area (Å²) in [5.74, 6) is -0.0957. The number of amides is 1. The predicted molar refractivity (Wildman–Crippen MR) is 73.3 cm³/mol. The number of hydrogen-bond donors (Lipinski definition) is 3. The SMILES string of the molecule is CCC(Cc1c[nH]c2ccccc12)NC(=O)CN. The summed E-state index contributed by atoms with van der Waals surface area (Å²) in [6.45, 7) is 2.11. The highest BCUT2D eigenvalue weighted by molar-refractivity contribution is 5.83. The van der Waals surface area contributed by atoms with Crippen LogP contribution in [0.2, 0.25) is 0 Å². The summed E-state index contributed by atoms with van der Waals surface area (Å²) in [6, 6.07) is 8.33. The molecule has 0 aliphatic carbocycles. The van der Waals surface area contributed by atoms with E-state index in [2.05, 4.69) is 29.4 Å². The number of para-hydroxylation sites is 1. The van der Waals surface area contributed by atoms with Crippen LogP contribution in [0, 0.1) is 0 Å². The molecule has 0 spiro atoms. The number of rotatable bonds is 5. The van der Waals surface area contributed by atoms with Crippen LogP contribution in [0.15, 0.2) is 30.5 Å². The number of carbonyl (C=O) groups is 1. The summed E-state index contributed by atoms with van der Waals surface area (Å²) in [7, 11) is 0. The minimum absolute atomic E-state index is 0.0460. The lowest BCUT2D eigenvalue weighted by atomic mass is 10.0. The first-order valence-corrected chi connectivity index (χ1v) is 6.29. The molecule has 4 heteroatoms. The molecule has 0 radical (unpaired) electrons. The van der Waals surface area contributed by atoms with Crippen LogP contribution in [-0.2, 0) is 11.2 Å². The van der Waals surface area contributed by atoms with Gasteiger partial charge < -0.3 is 16.0 Å². The highest BCUT2D eigenvalue weighted by Crippen LogP contribution is 2.19. The van der Waals surface area contributed by atoms with Gasteiger partial charge in [0.15, 0.2) is 0 Å². The highest BCUT2D eigenvalue weighted by Gasteiger charge is 2.12. The van der Waals surface area contributed by atoms with Crippen molar-refractivity contribution in [3.8, 4) is 0 Å². The number of nitrogens with one attached hydrogen (secondary N) is 2. The average molecular weight is 245 g/mol. The van der Waals surface area contributed by atoms with Gasteiger partial charge in [0.1, 0.15) is 0 Å². The Kier molecular flexibility index (Phi) is 3.99. The van der Waals surface area contributed by atoms with E-state index in [1.54, 1.807) is 0 Å². The zero-order valence-corrected chi connectivity index (χ0v) is 10.6. The minimum atomic E-state index is -0.0957. The topological polar surface area (TPSA) is 70.9 Å². The lowest BCUT2D eigenvalue weighted by Gasteiger charge is -2.16. The Balaban J connectivity index is 2.14. The zero-order valence-electron chi connectivity index (χ0n) is 10.6. The second kappa shape index (κ2) is 5.69. The van der Waals surface area contributed by atoms with Crippen LogP contribution in [0.3, 0.4) is 0 Å². The van der Waals surface area contributed by atoms with Crippen molar-refractivity contribution in [1.82, 2.24) is 10.3 Å². The molecular formula is C14H19N3O. The van der Waals surface area contributed by atoms with E-state index >= 15 is 0 Å². The molecule has 1 heterocycles. The lowest BCUT2D eigenvalue weighted by Crippen LogP contribution is -2.39. The third kappa shape index (κ3) is 2.71. The van der Waals surface area contributed by atoms with Crippen LogP contribution in [0.1, 0.15) is 18.9 Å². The molecule has 1 aromatic heterocycles. The Morgan fingerprint density at radius 3 is 2.94 bits per heavy atom. The zero-order chi connectivity index (χ0) is 13.0. The van der Waals surface area contributed by atoms with E-state index in [9.17, 15) is 4.79 Å². The number of aromatic nitrogens is 1. The number of nitrogens with two attached hydrogens (primary N) is 1. The maximum atomic E-state index is 11.3. The Bertz CT molecular complexity index is 533. The number of hydrogen-bond acceptors (Lipinski definition) is 2. The quantitative estimate of drug-likeness (QED) is 0.748. The molecular weight excluding hydrogens is 226 g/mol. The molecule has 4 N–H and O–H groups in total. The maximum Gasteiger partial charge on any atom is 0.233 e. The number of H-pyrrole nitrogens is 1. The van der Waals surface area contributed by atoms with Crippen LogP contribution >= 0.6 is 0 Å². The fourth-order valence-electron chi connectivity index (χ4n) is 2.15. The van der Waals surface area contributed by atoms with Crippen molar-refractivity contribution in [1.29, 1.82) is 0 Å². The van der Waals surface area contributed by atoms with Gasteiger partial charge in [0, 0.05) is 23.1 Å². The smallest absolute Gasteiger partial charge is 0.233 e. The molecule has 0 fully saturated rings. The minimum Gasteiger partial charge on any atom is -0.361 e. The van der Waals surface area contributed by atoms with Crippen LogP contribution in [0.25, 0.3) is 10.9 Å². The molecule has 18 heavy (non-hydrogen) atoms. The van der Waals surface area contributed by atoms with E-state index in [0.717, 1.165) is 18.4 Å². The van der Waals surface area contributed by atoms with Gasteiger partial charge in [0.2, 0.25) is 5.91 Å². The monoisotopic (exact) mass is 245 g/mol. The molecule has 1 aromatic carbocycles. The van der Waals surface area contributed by atoms with E-state index < -0.39 is 0 Å². The van der Waals surface area contributed by atoms with Crippen molar-refractivity contribution in [2.24, 2.45) is 5.73 Å². The largest absolute Gasteiger partial charge is 0.361 e. The third-order valence-corrected chi connectivity index (χ3v) is 3.18. The highest BCUT2D eigenvalue weighted by atomic mass is 16.1. The first-order chi connectivity index (χ1) is 8.74. The summed E-state index contributed by atoms with van der Waals surface area (Å²) >= 11 is 0. The van der Waals surface area contributed by atoms with E-state index in [0.29, 0.717) is 0 Å². The number of benzene rings is 1. The van der Waals surface area contributed by atoms with Crippen molar-refractivity contribution in [3.05, 3.63) is 36.0 Å². The average Bonchev–Trinajstić information content (AvgIpc) is 2.81. The van der Waals surface area contributed by atoms with Crippen LogP contribution in [-0.4, -0.2) is 23.5 Å². The number of aromatic amines is 1. The fourth-order valence-corrected chi connectivity index (χ4v) is 2.15. The Morgan fingerprint density at radius 2 is 2.22 bits per heavy atom. The third-order valence-electron chi connectivity index (χ3n) is 3.18. The normalized spacial score (nSPS) is 12.6. The molecule has 0 aliphatic rings. The van der Waals surface area contributed by atoms with Crippen LogP contribution in [0.5, 0.6) is 0 Å². The summed E-state index contributed by atoms with van der Waals surface area (Å²) in [5.41, 5.74) is 7.68. The maximum absolute atomic E-state index is 11.3. The van der Waals surface area contributed by atoms with E-state index in [1.165, 1.54) is 10.9 Å². The van der Waals surface area contributed by atoms with Gasteiger partial charge in [-0.25, -0.2) is 0 Å². The molecule has 1 atom stereocenters. The molecule has 1 unspecified atom stereocenters. The summed E-state index contributed by atoms with van der Waals surface area (Å²) in [5, 5.41) is 4.16. The standard InChI is InChI=1S/C14H19N3O/c1-2-11(17-14(18)8-15)7-10-9-16-13-6-4-3-5-12(10)13/h3-6,9,11,16H,2,7-8,15H2,1H3,(H,17,18). The van der Waals surface area contributed by atoms with Gasteiger partial charge in [0.05, 0.1) is 6.54 Å². The molecule has 2 aromatic rings. The van der Waals surface area contributed by atoms with Gasteiger partial charge in [0.25, 0.3) is 0 Å². The van der Waals surface area contributed by atoms with E-state index in [1.807, 2.05) is 18.3 Å². The van der Waals surface area contributed by atoms with Crippen molar-refractivity contribution in [2.75, 3.05) is 6.54 Å². The van der Waals surface area contributed by atoms with Crippen LogP contribution in [0.4, 0.5) is 0 Å². The molecule has 0 saturated heterocycles. The lowest BCUT2D eigenvalue weighted by molar-refractivity contribution is -0.120. The van der Waals surface area contributed by atoms with Crippen LogP contribution < -0.4 is 11.1 Å². The fraction of sp³-hybridized carbons (Fsp3) is 0.357. The molecule has 2 rings (SSSR count). The molecule has 96 valence electrons. The van der Waals surface area contributed by atoms with Crippen molar-refractivity contribution >= 4 is 16.8 Å². The van der Waals surface area contributed by atoms with Gasteiger partial charge in [-0.3, -0.25) is 4.79 Å². The number of carbonyl (C=O) groups excluding carboxylic acids is 1. The first-order valence-electron chi connectivity index (χ1n) is 6.29. The van der Waals surface area contributed by atoms with Gasteiger partial charge in [-0.1, -0.05) is 25.1 Å². The second-order valence-electron chi connectivity index (χ2n) is 4.44. The van der Waals surface area contributed by atoms with Gasteiger partial charge in [-0.15, -0.1) is 0 Å². The number of fused-ring (bicyclic) bond motifs is 1. The van der Waals surface area contributed by atoms with Crippen molar-refractivity contribution < 1.29 is 4.79 Å². The molecule has 0 bridgehead atoms. The molecule has 0 saturated carbocycles. The summed E-state index contributed by atoms with van der Waals surface area (Å²) in [4.78, 5) is 14.6. The van der Waals surface area contributed by atoms with Crippen molar-refractivity contribution in [2.45, 2.75) is 25.8 Å². The second-order valence-corrected chi connectivity index (χ2v) is 4.44.